The molecule has 3 aromatic carbocycles. The Morgan fingerprint density at radius 1 is 1.04 bits per heavy atom. The highest BCUT2D eigenvalue weighted by atomic mass is 32.2. The van der Waals surface area contributed by atoms with E-state index in [-0.39, 0.29) is 42.4 Å². The van der Waals surface area contributed by atoms with Crippen LogP contribution in [-0.4, -0.2) is 99.5 Å². The normalized spacial score (nSPS) is 30.7. The molecule has 2 saturated heterocycles. The van der Waals surface area contributed by atoms with E-state index in [4.69, 9.17) is 18.9 Å². The lowest BCUT2D eigenvalue weighted by molar-refractivity contribution is -0.186. The van der Waals surface area contributed by atoms with Gasteiger partial charge in [0, 0.05) is 46.2 Å². The van der Waals surface area contributed by atoms with Crippen LogP contribution in [0.3, 0.4) is 0 Å². The molecule has 0 aromatic heterocycles. The summed E-state index contributed by atoms with van der Waals surface area (Å²) < 4.78 is 24.0. The number of rotatable bonds is 2. The zero-order chi connectivity index (χ0) is 35.7. The summed E-state index contributed by atoms with van der Waals surface area (Å²) in [6.07, 6.45) is -0.00332. The third kappa shape index (κ3) is 4.31. The lowest BCUT2D eigenvalue weighted by Gasteiger charge is -2.62. The highest BCUT2D eigenvalue weighted by molar-refractivity contribution is 7.99. The average molecular weight is 720 g/mol. The number of aliphatic hydroxyl groups is 2. The third-order valence-corrected chi connectivity index (χ3v) is 13.6. The second-order valence-electron chi connectivity index (χ2n) is 14.5. The molecule has 6 N–H and O–H groups in total. The SMILES string of the molecule is COc1c(C)cc2c(c1O)[C@@H]1[C@@H]3[C@@H]4SC[C@]5(NCCc6cc(O)c(CO)cc65)C(=O)OCC(c5c6c(c(C)c(O)c54)OCO6)N3[C@@H](O)[C@H](C2)N1C. The molecule has 10 rings (SSSR count). The number of benzene rings is 3. The summed E-state index contributed by atoms with van der Waals surface area (Å²) in [4.78, 5) is 18.6. The number of likely N-dealkylation sites (N-methyl/N-ethyl adjacent to an activating group) is 1. The Bertz CT molecular complexity index is 2010. The fourth-order valence-corrected chi connectivity index (χ4v) is 11.5. The summed E-state index contributed by atoms with van der Waals surface area (Å²) >= 11 is 1.45. The molecule has 14 heteroatoms. The average Bonchev–Trinajstić information content (AvgIpc) is 3.60. The Labute approximate surface area is 298 Å². The first-order valence-corrected chi connectivity index (χ1v) is 18.3. The highest BCUT2D eigenvalue weighted by Crippen LogP contribution is 2.64. The molecule has 7 aliphatic heterocycles. The number of hydrogen-bond acceptors (Lipinski definition) is 14. The van der Waals surface area contributed by atoms with Crippen molar-refractivity contribution in [3.8, 4) is 34.5 Å². The van der Waals surface area contributed by atoms with E-state index in [1.807, 2.05) is 24.9 Å². The second-order valence-corrected chi connectivity index (χ2v) is 15.6. The van der Waals surface area contributed by atoms with E-state index in [1.165, 1.54) is 18.9 Å². The van der Waals surface area contributed by atoms with E-state index in [0.717, 1.165) is 16.7 Å². The number of aliphatic hydroxyl groups excluding tert-OH is 2. The van der Waals surface area contributed by atoms with Crippen molar-refractivity contribution in [2.45, 2.75) is 74.5 Å². The van der Waals surface area contributed by atoms with Gasteiger partial charge in [0.2, 0.25) is 6.79 Å². The largest absolute Gasteiger partial charge is 0.508 e. The second kappa shape index (κ2) is 11.5. The summed E-state index contributed by atoms with van der Waals surface area (Å²) in [6, 6.07) is 3.17. The van der Waals surface area contributed by atoms with Crippen molar-refractivity contribution < 1.29 is 49.3 Å². The third-order valence-electron chi connectivity index (χ3n) is 12.1. The van der Waals surface area contributed by atoms with Crippen LogP contribution in [0.5, 0.6) is 34.5 Å². The van der Waals surface area contributed by atoms with Crippen LogP contribution in [0.1, 0.15) is 67.4 Å². The maximum Gasteiger partial charge on any atom is 0.331 e. The molecule has 4 bridgehead atoms. The van der Waals surface area contributed by atoms with Crippen molar-refractivity contribution in [3.63, 3.8) is 0 Å². The Morgan fingerprint density at radius 2 is 1.82 bits per heavy atom. The number of phenolic OH excluding ortho intramolecular Hbond substituents is 2. The molecule has 7 heterocycles. The van der Waals surface area contributed by atoms with Crippen molar-refractivity contribution in [2.24, 2.45) is 0 Å². The minimum Gasteiger partial charge on any atom is -0.508 e. The topological polar surface area (TPSA) is 174 Å². The van der Waals surface area contributed by atoms with Crippen LogP contribution in [0, 0.1) is 13.8 Å². The Hall–Kier alpha value is -3.92. The molecule has 13 nitrogen and oxygen atoms in total. The standard InChI is InChI=1S/C37H41N3O10S/c1-15-7-18-9-21-35(45)40-22-12-48-36(46)37(20-8-19(11-41)23(42)10-17(20)5-6-38-37)13-51-34(26-25(22)33-32(49-14-50-33)16(2)29(26)43)28(40)27(39(21)3)24(18)30(44)31(15)47-4/h7-8,10,21-22,27-28,34-35,38,41-45H,5-6,9,11-14H2,1-4H3/t21-,22?,27+,28+,34+,35-,37+/m0/s1. The molecule has 0 amide bonds. The molecule has 1 spiro atoms. The number of esters is 1. The Morgan fingerprint density at radius 3 is 2.59 bits per heavy atom. The summed E-state index contributed by atoms with van der Waals surface area (Å²) in [5.74, 6) is 0.946. The zero-order valence-corrected chi connectivity index (χ0v) is 29.5. The van der Waals surface area contributed by atoms with Crippen LogP contribution in [-0.2, 0) is 34.5 Å². The number of thioether (sulfide) groups is 1. The minimum absolute atomic E-state index is 0.0375. The van der Waals surface area contributed by atoms with Crippen LogP contribution < -0.4 is 19.5 Å². The predicted molar refractivity (Wildman–Crippen MR) is 184 cm³/mol. The Kier molecular flexibility index (Phi) is 7.46. The van der Waals surface area contributed by atoms with Gasteiger partial charge in [-0.15, -0.1) is 11.8 Å². The van der Waals surface area contributed by atoms with Crippen LogP contribution in [0.4, 0.5) is 0 Å². The number of phenols is 3. The number of piperazine rings is 1. The van der Waals surface area contributed by atoms with Gasteiger partial charge in [-0.25, -0.2) is 4.79 Å². The van der Waals surface area contributed by atoms with Crippen molar-refractivity contribution in [2.75, 3.05) is 39.9 Å². The van der Waals surface area contributed by atoms with E-state index < -0.39 is 47.7 Å². The Balaban J connectivity index is 1.29. The maximum absolute atomic E-state index is 14.5. The molecular formula is C37H41N3O10S. The van der Waals surface area contributed by atoms with Crippen molar-refractivity contribution in [1.29, 1.82) is 0 Å². The van der Waals surface area contributed by atoms with Gasteiger partial charge in [0.15, 0.2) is 28.5 Å². The first kappa shape index (κ1) is 33.0. The fraction of sp³-hybridized carbons (Fsp3) is 0.486. The lowest BCUT2D eigenvalue weighted by atomic mass is 9.73. The number of aromatic hydroxyl groups is 3. The lowest BCUT2D eigenvalue weighted by Crippen LogP contribution is -2.70. The molecule has 1 unspecified atom stereocenters. The predicted octanol–water partition coefficient (Wildman–Crippen LogP) is 2.68. The van der Waals surface area contributed by atoms with Gasteiger partial charge in [0.1, 0.15) is 24.3 Å². The number of carbonyl (C=O) groups is 1. The number of nitrogens with zero attached hydrogens (tertiary/aromatic N) is 2. The number of hydrogen-bond donors (Lipinski definition) is 6. The summed E-state index contributed by atoms with van der Waals surface area (Å²) in [7, 11) is 3.49. The number of aryl methyl sites for hydroxylation is 1. The van der Waals surface area contributed by atoms with Gasteiger partial charge < -0.3 is 44.5 Å². The molecule has 0 aliphatic carbocycles. The van der Waals surface area contributed by atoms with E-state index in [0.29, 0.717) is 70.0 Å². The molecule has 270 valence electrons. The molecule has 3 aromatic rings. The maximum atomic E-state index is 14.5. The van der Waals surface area contributed by atoms with Crippen LogP contribution in [0.15, 0.2) is 18.2 Å². The quantitative estimate of drug-likeness (QED) is 0.214. The van der Waals surface area contributed by atoms with Crippen molar-refractivity contribution in [3.05, 3.63) is 68.3 Å². The zero-order valence-electron chi connectivity index (χ0n) is 28.7. The van der Waals surface area contributed by atoms with Crippen LogP contribution in [0.2, 0.25) is 0 Å². The molecule has 7 atom stereocenters. The molecule has 51 heavy (non-hydrogen) atoms. The first-order valence-electron chi connectivity index (χ1n) is 17.2. The molecule has 7 aliphatic rings. The van der Waals surface area contributed by atoms with Gasteiger partial charge in [0.05, 0.1) is 37.1 Å². The summed E-state index contributed by atoms with van der Waals surface area (Å²) in [5.41, 5.74) is 4.51. The first-order chi connectivity index (χ1) is 24.5. The number of methoxy groups -OCH3 is 1. The van der Waals surface area contributed by atoms with Gasteiger partial charge in [-0.3, -0.25) is 15.1 Å². The van der Waals surface area contributed by atoms with Gasteiger partial charge >= 0.3 is 5.97 Å². The van der Waals surface area contributed by atoms with E-state index in [2.05, 4.69) is 10.2 Å². The molecule has 0 radical (unpaired) electrons. The van der Waals surface area contributed by atoms with Gasteiger partial charge in [-0.1, -0.05) is 6.07 Å². The summed E-state index contributed by atoms with van der Waals surface area (Å²) in [6.45, 7) is 3.48. The summed E-state index contributed by atoms with van der Waals surface area (Å²) in [5, 5.41) is 60.1. The number of fused-ring (bicyclic) bond motifs is 9. The number of nitrogens with one attached hydrogen (secondary N) is 1. The number of ether oxygens (including phenoxy) is 4. The van der Waals surface area contributed by atoms with Gasteiger partial charge in [-0.2, -0.15) is 0 Å². The fourth-order valence-electron chi connectivity index (χ4n) is 9.76. The smallest absolute Gasteiger partial charge is 0.331 e. The molecule has 0 saturated carbocycles. The van der Waals surface area contributed by atoms with Gasteiger partial charge in [0.25, 0.3) is 0 Å². The highest BCUT2D eigenvalue weighted by Gasteiger charge is 2.61. The van der Waals surface area contributed by atoms with E-state index >= 15 is 0 Å². The van der Waals surface area contributed by atoms with Crippen molar-refractivity contribution in [1.82, 2.24) is 15.1 Å². The number of carbonyl (C=O) groups excluding carboxylic acids is 1. The van der Waals surface area contributed by atoms with Gasteiger partial charge in [-0.05, 0) is 68.1 Å². The molecular weight excluding hydrogens is 678 g/mol. The van der Waals surface area contributed by atoms with Crippen LogP contribution >= 0.6 is 11.8 Å². The minimum atomic E-state index is -1.35. The van der Waals surface area contributed by atoms with E-state index in [1.54, 1.807) is 19.1 Å². The molecule has 2 fully saturated rings. The van der Waals surface area contributed by atoms with Crippen LogP contribution in [0.25, 0.3) is 0 Å². The van der Waals surface area contributed by atoms with Crippen molar-refractivity contribution >= 4 is 17.7 Å². The van der Waals surface area contributed by atoms with E-state index in [9.17, 15) is 30.3 Å². The monoisotopic (exact) mass is 719 g/mol.